The quantitative estimate of drug-likeness (QED) is 0.762. The summed E-state index contributed by atoms with van der Waals surface area (Å²) in [6, 6.07) is 9.75. The molecule has 1 aromatic heterocycles. The summed E-state index contributed by atoms with van der Waals surface area (Å²) in [5.74, 6) is 1.93. The molecule has 2 amide bonds. The molecule has 1 aliphatic rings. The van der Waals surface area contributed by atoms with E-state index in [1.807, 2.05) is 54.0 Å². The largest absolute Gasteiger partial charge is 0.444 e. The van der Waals surface area contributed by atoms with E-state index in [1.165, 1.54) is 11.8 Å². The van der Waals surface area contributed by atoms with Gasteiger partial charge in [0.15, 0.2) is 0 Å². The molecule has 6 nitrogen and oxygen atoms in total. The second-order valence-corrected chi connectivity index (χ2v) is 7.85. The zero-order valence-electron chi connectivity index (χ0n) is 15.8. The second-order valence-electron chi connectivity index (χ2n) is 6.86. The van der Waals surface area contributed by atoms with E-state index in [0.717, 1.165) is 11.3 Å². The summed E-state index contributed by atoms with van der Waals surface area (Å²) in [5, 5.41) is 0. The lowest BCUT2D eigenvalue weighted by molar-refractivity contribution is -0.140. The summed E-state index contributed by atoms with van der Waals surface area (Å²) < 4.78 is 5.52. The average molecular weight is 388 g/mol. The molecule has 144 valence electrons. The minimum atomic E-state index is 0.00560. The number of benzene rings is 1. The molecule has 0 N–H and O–H groups in total. The van der Waals surface area contributed by atoms with Gasteiger partial charge >= 0.3 is 0 Å². The van der Waals surface area contributed by atoms with Gasteiger partial charge in [-0.05, 0) is 12.1 Å². The van der Waals surface area contributed by atoms with Gasteiger partial charge in [0.05, 0.1) is 11.4 Å². The Bertz CT molecular complexity index is 768. The number of carbonyl (C=O) groups is 2. The Morgan fingerprint density at radius 2 is 1.78 bits per heavy atom. The van der Waals surface area contributed by atoms with Gasteiger partial charge in [0, 0.05) is 43.4 Å². The minimum Gasteiger partial charge on any atom is -0.444 e. The molecule has 2 heterocycles. The number of rotatable bonds is 6. The normalized spacial score (nSPS) is 14.6. The number of carbonyl (C=O) groups excluding carboxylic acids is 2. The van der Waals surface area contributed by atoms with Crippen LogP contribution in [0.4, 0.5) is 0 Å². The number of oxazole rings is 1. The van der Waals surface area contributed by atoms with Crippen LogP contribution in [0, 0.1) is 5.92 Å². The Morgan fingerprint density at radius 1 is 1.11 bits per heavy atom. The Kier molecular flexibility index (Phi) is 6.55. The maximum absolute atomic E-state index is 12.4. The average Bonchev–Trinajstić information content (AvgIpc) is 3.17. The lowest BCUT2D eigenvalue weighted by Crippen LogP contribution is -2.51. The van der Waals surface area contributed by atoms with Crippen molar-refractivity contribution in [2.45, 2.75) is 19.6 Å². The van der Waals surface area contributed by atoms with Crippen LogP contribution >= 0.6 is 11.8 Å². The summed E-state index contributed by atoms with van der Waals surface area (Å²) in [6.07, 6.45) is 1.65. The van der Waals surface area contributed by atoms with Gasteiger partial charge in [-0.3, -0.25) is 9.59 Å². The predicted octanol–water partition coefficient (Wildman–Crippen LogP) is 2.90. The van der Waals surface area contributed by atoms with Crippen molar-refractivity contribution in [3.05, 3.63) is 42.3 Å². The van der Waals surface area contributed by atoms with E-state index in [9.17, 15) is 9.59 Å². The molecular formula is C20H25N3O3S. The summed E-state index contributed by atoms with van der Waals surface area (Å²) >= 11 is 1.53. The van der Waals surface area contributed by atoms with Crippen molar-refractivity contribution < 1.29 is 14.0 Å². The number of hydrogen-bond acceptors (Lipinski definition) is 5. The van der Waals surface area contributed by atoms with Crippen molar-refractivity contribution >= 4 is 23.6 Å². The van der Waals surface area contributed by atoms with Crippen LogP contribution in [-0.2, 0) is 15.3 Å². The number of amides is 2. The fourth-order valence-corrected chi connectivity index (χ4v) is 3.76. The number of piperazine rings is 1. The maximum Gasteiger partial charge on any atom is 0.232 e. The summed E-state index contributed by atoms with van der Waals surface area (Å²) in [4.78, 5) is 32.6. The van der Waals surface area contributed by atoms with E-state index in [-0.39, 0.29) is 17.7 Å². The van der Waals surface area contributed by atoms with Crippen LogP contribution in [-0.4, -0.2) is 58.5 Å². The molecule has 0 saturated carbocycles. The van der Waals surface area contributed by atoms with Gasteiger partial charge in [0.2, 0.25) is 17.7 Å². The van der Waals surface area contributed by atoms with E-state index in [4.69, 9.17) is 4.42 Å². The minimum absolute atomic E-state index is 0.00560. The van der Waals surface area contributed by atoms with Crippen LogP contribution in [0.3, 0.4) is 0 Å². The molecule has 2 aromatic rings. The highest BCUT2D eigenvalue weighted by atomic mass is 32.2. The molecule has 7 heteroatoms. The first-order valence-electron chi connectivity index (χ1n) is 9.18. The highest BCUT2D eigenvalue weighted by Gasteiger charge is 2.25. The lowest BCUT2D eigenvalue weighted by atomic mass is 10.1. The molecule has 0 spiro atoms. The van der Waals surface area contributed by atoms with Gasteiger partial charge in [-0.25, -0.2) is 4.98 Å². The molecule has 3 rings (SSSR count). The first-order valence-corrected chi connectivity index (χ1v) is 10.3. The number of aromatic nitrogens is 1. The third-order valence-electron chi connectivity index (χ3n) is 4.49. The Morgan fingerprint density at radius 3 is 2.44 bits per heavy atom. The number of hydrogen-bond donors (Lipinski definition) is 0. The van der Waals surface area contributed by atoms with E-state index in [1.54, 1.807) is 6.26 Å². The van der Waals surface area contributed by atoms with Crippen LogP contribution in [0.1, 0.15) is 19.5 Å². The van der Waals surface area contributed by atoms with Gasteiger partial charge < -0.3 is 14.2 Å². The SMILES string of the molecule is CC(C)C(=O)N1CCN(C(=O)CSCc2coc(-c3ccccc3)n2)CC1. The van der Waals surface area contributed by atoms with Gasteiger partial charge in [-0.2, -0.15) is 0 Å². The molecular weight excluding hydrogens is 362 g/mol. The smallest absolute Gasteiger partial charge is 0.232 e. The Labute approximate surface area is 163 Å². The van der Waals surface area contributed by atoms with E-state index >= 15 is 0 Å². The molecule has 1 aromatic carbocycles. The van der Waals surface area contributed by atoms with E-state index < -0.39 is 0 Å². The van der Waals surface area contributed by atoms with Crippen LogP contribution in [0.2, 0.25) is 0 Å². The first-order chi connectivity index (χ1) is 13.0. The Hall–Kier alpha value is -2.28. The predicted molar refractivity (Wildman–Crippen MR) is 106 cm³/mol. The molecule has 0 radical (unpaired) electrons. The standard InChI is InChI=1S/C20H25N3O3S/c1-15(2)20(25)23-10-8-22(9-11-23)18(24)14-27-13-17-12-26-19(21-17)16-6-4-3-5-7-16/h3-7,12,15H,8-11,13-14H2,1-2H3. The lowest BCUT2D eigenvalue weighted by Gasteiger charge is -2.35. The number of nitrogens with zero attached hydrogens (tertiary/aromatic N) is 3. The Balaban J connectivity index is 1.42. The summed E-state index contributed by atoms with van der Waals surface area (Å²) in [5.41, 5.74) is 1.78. The molecule has 1 saturated heterocycles. The zero-order valence-corrected chi connectivity index (χ0v) is 16.6. The molecule has 1 aliphatic heterocycles. The fraction of sp³-hybridized carbons (Fsp3) is 0.450. The van der Waals surface area contributed by atoms with Gasteiger partial charge in [-0.15, -0.1) is 11.8 Å². The second kappa shape index (κ2) is 9.08. The molecule has 27 heavy (non-hydrogen) atoms. The molecule has 0 aliphatic carbocycles. The first kappa shape index (κ1) is 19.5. The topological polar surface area (TPSA) is 66.7 Å². The highest BCUT2D eigenvalue weighted by molar-refractivity contribution is 7.99. The zero-order chi connectivity index (χ0) is 19.2. The van der Waals surface area contributed by atoms with Crippen LogP contribution in [0.25, 0.3) is 11.5 Å². The fourth-order valence-electron chi connectivity index (χ4n) is 2.96. The molecule has 0 bridgehead atoms. The molecule has 1 fully saturated rings. The van der Waals surface area contributed by atoms with Gasteiger partial charge in [-0.1, -0.05) is 32.0 Å². The van der Waals surface area contributed by atoms with E-state index in [2.05, 4.69) is 4.98 Å². The van der Waals surface area contributed by atoms with Crippen LogP contribution < -0.4 is 0 Å². The van der Waals surface area contributed by atoms with Crippen molar-refractivity contribution in [1.82, 2.24) is 14.8 Å². The molecule has 0 unspecified atom stereocenters. The monoisotopic (exact) mass is 387 g/mol. The third-order valence-corrected chi connectivity index (χ3v) is 5.44. The van der Waals surface area contributed by atoms with Gasteiger partial charge in [0.25, 0.3) is 0 Å². The van der Waals surface area contributed by atoms with Crippen molar-refractivity contribution in [3.8, 4) is 11.5 Å². The van der Waals surface area contributed by atoms with Gasteiger partial charge in [0.1, 0.15) is 6.26 Å². The van der Waals surface area contributed by atoms with Crippen LogP contribution in [0.15, 0.2) is 41.0 Å². The number of thioether (sulfide) groups is 1. The van der Waals surface area contributed by atoms with Crippen molar-refractivity contribution in [3.63, 3.8) is 0 Å². The van der Waals surface area contributed by atoms with Crippen molar-refractivity contribution in [2.75, 3.05) is 31.9 Å². The molecule has 0 atom stereocenters. The van der Waals surface area contributed by atoms with Crippen LogP contribution in [0.5, 0.6) is 0 Å². The highest BCUT2D eigenvalue weighted by Crippen LogP contribution is 2.20. The maximum atomic E-state index is 12.4. The van der Waals surface area contributed by atoms with E-state index in [0.29, 0.717) is 43.6 Å². The summed E-state index contributed by atoms with van der Waals surface area (Å²) in [6.45, 7) is 6.28. The van der Waals surface area contributed by atoms with Crippen molar-refractivity contribution in [2.24, 2.45) is 5.92 Å². The van der Waals surface area contributed by atoms with Crippen molar-refractivity contribution in [1.29, 1.82) is 0 Å². The third kappa shape index (κ3) is 5.13. The summed E-state index contributed by atoms with van der Waals surface area (Å²) in [7, 11) is 0.